The van der Waals surface area contributed by atoms with Crippen LogP contribution in [0.4, 0.5) is 0 Å². The molecule has 4 heterocycles. The predicted molar refractivity (Wildman–Crippen MR) is 109 cm³/mol. The van der Waals surface area contributed by atoms with Crippen LogP contribution in [0.25, 0.3) is 0 Å². The monoisotopic (exact) mass is 480 g/mol. The maximum absolute atomic E-state index is 12.7. The van der Waals surface area contributed by atoms with Crippen LogP contribution in [0.15, 0.2) is 30.3 Å². The van der Waals surface area contributed by atoms with Gasteiger partial charge < -0.3 is 49.2 Å². The Hall–Kier alpha value is -1.67. The number of hydrogen-bond acceptors (Lipinski definition) is 11. The molecule has 1 aromatic carbocycles. The van der Waals surface area contributed by atoms with Crippen molar-refractivity contribution < 1.29 is 54.0 Å². The zero-order chi connectivity index (χ0) is 24.1. The number of ether oxygens (including phenoxy) is 5. The maximum Gasteiger partial charge on any atom is 0.338 e. The second-order valence-corrected chi connectivity index (χ2v) is 10.2. The van der Waals surface area contributed by atoms with Gasteiger partial charge in [0.2, 0.25) is 0 Å². The minimum Gasteiger partial charge on any atom is -0.461 e. The summed E-state index contributed by atoms with van der Waals surface area (Å²) in [5.74, 6) is -2.49. The van der Waals surface area contributed by atoms with Gasteiger partial charge in [-0.25, -0.2) is 4.79 Å². The first-order chi connectivity index (χ1) is 16.1. The molecule has 4 saturated heterocycles. The van der Waals surface area contributed by atoms with E-state index in [0.717, 1.165) is 0 Å². The molecular weight excluding hydrogens is 452 g/mol. The molecule has 2 unspecified atom stereocenters. The smallest absolute Gasteiger partial charge is 0.338 e. The van der Waals surface area contributed by atoms with Gasteiger partial charge in [0.05, 0.1) is 17.6 Å². The molecule has 3 aliphatic carbocycles. The molecule has 6 bridgehead atoms. The Balaban J connectivity index is 1.32. The Bertz CT molecular complexity index is 988. The van der Waals surface area contributed by atoms with Crippen molar-refractivity contribution in [2.24, 2.45) is 11.3 Å². The first kappa shape index (κ1) is 22.8. The zero-order valence-electron chi connectivity index (χ0n) is 18.4. The van der Waals surface area contributed by atoms with Gasteiger partial charge in [-0.15, -0.1) is 0 Å². The summed E-state index contributed by atoms with van der Waals surface area (Å²) < 4.78 is 29.7. The van der Waals surface area contributed by atoms with Gasteiger partial charge in [-0.05, 0) is 25.5 Å². The summed E-state index contributed by atoms with van der Waals surface area (Å²) in [6.45, 7) is 0.985. The van der Waals surface area contributed by atoms with Crippen LogP contribution in [0, 0.1) is 11.3 Å². The molecular formula is C23H28O11. The van der Waals surface area contributed by atoms with Gasteiger partial charge in [0.25, 0.3) is 0 Å². The number of aliphatic hydroxyl groups excluding tert-OH is 4. The molecule has 11 atom stereocenters. The van der Waals surface area contributed by atoms with Crippen molar-refractivity contribution in [2.75, 3.05) is 13.2 Å². The average molecular weight is 480 g/mol. The molecule has 34 heavy (non-hydrogen) atoms. The molecule has 11 nitrogen and oxygen atoms in total. The van der Waals surface area contributed by atoms with Crippen LogP contribution < -0.4 is 0 Å². The fraction of sp³-hybridized carbons (Fsp3) is 0.696. The summed E-state index contributed by atoms with van der Waals surface area (Å²) in [6, 6.07) is 8.47. The number of aliphatic hydroxyl groups is 5. The van der Waals surface area contributed by atoms with E-state index in [1.807, 2.05) is 0 Å². The van der Waals surface area contributed by atoms with Crippen molar-refractivity contribution in [1.82, 2.24) is 0 Å². The van der Waals surface area contributed by atoms with E-state index >= 15 is 0 Å². The van der Waals surface area contributed by atoms with Gasteiger partial charge in [-0.2, -0.15) is 0 Å². The minimum atomic E-state index is -1.61. The van der Waals surface area contributed by atoms with Crippen LogP contribution >= 0.6 is 0 Å². The van der Waals surface area contributed by atoms with Crippen molar-refractivity contribution in [3.8, 4) is 0 Å². The van der Waals surface area contributed by atoms with Crippen molar-refractivity contribution in [3.63, 3.8) is 0 Å². The predicted octanol–water partition coefficient (Wildman–Crippen LogP) is -1.36. The summed E-state index contributed by atoms with van der Waals surface area (Å²) in [6.07, 6.45) is -7.87. The topological polar surface area (TPSA) is 164 Å². The third kappa shape index (κ3) is 2.59. The summed E-state index contributed by atoms with van der Waals surface area (Å²) in [4.78, 5) is 12.7. The highest BCUT2D eigenvalue weighted by Gasteiger charge is 2.94. The summed E-state index contributed by atoms with van der Waals surface area (Å²) >= 11 is 0. The van der Waals surface area contributed by atoms with Crippen molar-refractivity contribution in [3.05, 3.63) is 35.9 Å². The lowest BCUT2D eigenvalue weighted by Crippen LogP contribution is -2.80. The molecule has 7 aliphatic rings. The van der Waals surface area contributed by atoms with E-state index in [0.29, 0.717) is 5.56 Å². The van der Waals surface area contributed by atoms with E-state index in [2.05, 4.69) is 0 Å². The van der Waals surface area contributed by atoms with Crippen LogP contribution in [-0.4, -0.2) is 98.7 Å². The Kier molecular flexibility index (Phi) is 4.81. The maximum atomic E-state index is 12.7. The van der Waals surface area contributed by atoms with Crippen molar-refractivity contribution in [2.45, 2.75) is 73.8 Å². The highest BCUT2D eigenvalue weighted by atomic mass is 16.8. The molecule has 186 valence electrons. The van der Waals surface area contributed by atoms with Gasteiger partial charge in [0.1, 0.15) is 42.2 Å². The van der Waals surface area contributed by atoms with Crippen LogP contribution in [0.5, 0.6) is 0 Å². The molecule has 8 rings (SSSR count). The van der Waals surface area contributed by atoms with Gasteiger partial charge >= 0.3 is 5.97 Å². The Morgan fingerprint density at radius 2 is 1.85 bits per heavy atom. The van der Waals surface area contributed by atoms with E-state index in [-0.39, 0.29) is 19.4 Å². The Morgan fingerprint density at radius 3 is 2.56 bits per heavy atom. The molecule has 11 heteroatoms. The van der Waals surface area contributed by atoms with Gasteiger partial charge in [0.15, 0.2) is 18.4 Å². The summed E-state index contributed by atoms with van der Waals surface area (Å²) in [7, 11) is 0. The molecule has 0 amide bonds. The lowest BCUT2D eigenvalue weighted by atomic mass is 9.41. The normalized spacial score (nSPS) is 52.5. The lowest BCUT2D eigenvalue weighted by molar-refractivity contribution is -0.424. The molecule has 0 spiro atoms. The quantitative estimate of drug-likeness (QED) is 0.306. The fourth-order valence-corrected chi connectivity index (χ4v) is 6.87. The SMILES string of the molecule is C[C@@]12C[C@@]3(O)O[C@@H](O1)[C@]1(COC(=O)c4ccccc4)[C@H]3C[C@@]12O[C@@H]1O[C@H](CO)C(O)C(O)[C@H]1O. The van der Waals surface area contributed by atoms with Gasteiger partial charge in [0, 0.05) is 12.3 Å². The standard InChI is InChI=1S/C23H28O11/c1-20-9-22(29)13-7-23(20,32-18-16(27)15(26)14(25)12(8-24)31-18)21(13,19(33-20)34-22)10-30-17(28)11-5-3-2-4-6-11/h2-6,12-16,18-19,24-27,29H,7-10H2,1H3/t12-,13-,14?,15?,16-,18+,19-,20+,21+,22-,23+/m1/s1. The van der Waals surface area contributed by atoms with Crippen LogP contribution in [0.2, 0.25) is 0 Å². The highest BCUT2D eigenvalue weighted by Crippen LogP contribution is 2.81. The van der Waals surface area contributed by atoms with E-state index in [1.54, 1.807) is 37.3 Å². The Morgan fingerprint density at radius 1 is 1.12 bits per heavy atom. The Labute approximate surface area is 194 Å². The fourth-order valence-electron chi connectivity index (χ4n) is 6.87. The largest absolute Gasteiger partial charge is 0.461 e. The number of esters is 1. The van der Waals surface area contributed by atoms with Crippen molar-refractivity contribution in [1.29, 1.82) is 0 Å². The highest BCUT2D eigenvalue weighted by molar-refractivity contribution is 5.89. The average Bonchev–Trinajstić information content (AvgIpc) is 3.00. The number of benzene rings is 1. The van der Waals surface area contributed by atoms with E-state index in [9.17, 15) is 30.3 Å². The molecule has 3 saturated carbocycles. The number of carbonyl (C=O) groups is 1. The first-order valence-electron chi connectivity index (χ1n) is 11.4. The second kappa shape index (κ2) is 7.19. The molecule has 7 fully saturated rings. The molecule has 0 radical (unpaired) electrons. The third-order valence-electron chi connectivity index (χ3n) is 8.57. The van der Waals surface area contributed by atoms with E-state index in [1.165, 1.54) is 0 Å². The minimum absolute atomic E-state index is 0.0902. The zero-order valence-corrected chi connectivity index (χ0v) is 18.4. The lowest BCUT2D eigenvalue weighted by Gasteiger charge is -2.67. The molecule has 0 aromatic heterocycles. The van der Waals surface area contributed by atoms with E-state index in [4.69, 9.17) is 23.7 Å². The summed E-state index contributed by atoms with van der Waals surface area (Å²) in [5.41, 5.74) is -2.99. The molecule has 4 aliphatic heterocycles. The second-order valence-electron chi connectivity index (χ2n) is 10.2. The summed E-state index contributed by atoms with van der Waals surface area (Å²) in [5, 5.41) is 51.7. The van der Waals surface area contributed by atoms with Gasteiger partial charge in [-0.3, -0.25) is 0 Å². The number of hydrogen-bond donors (Lipinski definition) is 5. The third-order valence-corrected chi connectivity index (χ3v) is 8.57. The molecule has 1 aromatic rings. The van der Waals surface area contributed by atoms with Crippen LogP contribution in [0.3, 0.4) is 0 Å². The van der Waals surface area contributed by atoms with Gasteiger partial charge in [-0.1, -0.05) is 18.2 Å². The van der Waals surface area contributed by atoms with Crippen molar-refractivity contribution >= 4 is 5.97 Å². The number of rotatable bonds is 6. The van der Waals surface area contributed by atoms with Crippen LogP contribution in [0.1, 0.15) is 30.1 Å². The number of carbonyl (C=O) groups excluding carboxylic acids is 1. The van der Waals surface area contributed by atoms with Crippen LogP contribution in [-0.2, 0) is 23.7 Å². The van der Waals surface area contributed by atoms with E-state index < -0.39 is 77.9 Å². The molecule has 5 N–H and O–H groups in total. The first-order valence-corrected chi connectivity index (χ1v) is 11.4.